The van der Waals surface area contributed by atoms with Crippen LogP contribution in [0.2, 0.25) is 10.0 Å². The van der Waals surface area contributed by atoms with E-state index in [-0.39, 0.29) is 9.92 Å². The molecule has 0 aliphatic heterocycles. The largest absolute Gasteiger partial charge is 0.316 e. The van der Waals surface area contributed by atoms with E-state index in [4.69, 9.17) is 23.2 Å². The summed E-state index contributed by atoms with van der Waals surface area (Å²) in [7, 11) is -0.284. The van der Waals surface area contributed by atoms with Crippen LogP contribution < -0.4 is 5.32 Å². The quantitative estimate of drug-likeness (QED) is 0.875. The summed E-state index contributed by atoms with van der Waals surface area (Å²) in [6.07, 6.45) is 0.740. The molecule has 0 amide bonds. The summed E-state index contributed by atoms with van der Waals surface area (Å²) in [5.74, 6) is 0. The molecule has 0 saturated carbocycles. The van der Waals surface area contributed by atoms with Crippen molar-refractivity contribution in [2.75, 3.05) is 20.6 Å². The molecule has 108 valence electrons. The van der Waals surface area contributed by atoms with E-state index in [0.29, 0.717) is 23.7 Å². The van der Waals surface area contributed by atoms with Crippen molar-refractivity contribution in [3.05, 3.63) is 27.7 Å². The Morgan fingerprint density at radius 1 is 1.32 bits per heavy atom. The van der Waals surface area contributed by atoms with Gasteiger partial charge in [0, 0.05) is 30.7 Å². The molecule has 1 N–H and O–H groups in total. The minimum Gasteiger partial charge on any atom is -0.316 e. The highest BCUT2D eigenvalue weighted by molar-refractivity contribution is 7.89. The van der Waals surface area contributed by atoms with Crippen LogP contribution in [0.15, 0.2) is 17.0 Å². The molecule has 1 aromatic carbocycles. The van der Waals surface area contributed by atoms with Gasteiger partial charge in [-0.3, -0.25) is 0 Å². The van der Waals surface area contributed by atoms with E-state index in [1.165, 1.54) is 10.4 Å². The fraction of sp³-hybridized carbons (Fsp3) is 0.500. The summed E-state index contributed by atoms with van der Waals surface area (Å²) in [4.78, 5) is 0.0970. The minimum atomic E-state index is -3.57. The minimum absolute atomic E-state index is 0.0970. The van der Waals surface area contributed by atoms with Crippen molar-refractivity contribution >= 4 is 33.2 Å². The first kappa shape index (κ1) is 16.7. The van der Waals surface area contributed by atoms with Crippen LogP contribution in [0.4, 0.5) is 0 Å². The van der Waals surface area contributed by atoms with E-state index in [2.05, 4.69) is 5.32 Å². The maximum atomic E-state index is 12.4. The first-order valence-electron chi connectivity index (χ1n) is 5.94. The van der Waals surface area contributed by atoms with Crippen molar-refractivity contribution in [2.45, 2.75) is 24.8 Å². The van der Waals surface area contributed by atoms with Crippen molar-refractivity contribution in [1.82, 2.24) is 9.62 Å². The van der Waals surface area contributed by atoms with Gasteiger partial charge in [0.05, 0.1) is 5.02 Å². The van der Waals surface area contributed by atoms with Gasteiger partial charge in [-0.05, 0) is 25.6 Å². The molecule has 0 bridgehead atoms. The van der Waals surface area contributed by atoms with Gasteiger partial charge in [-0.2, -0.15) is 0 Å². The summed E-state index contributed by atoms with van der Waals surface area (Å²) >= 11 is 12.2. The van der Waals surface area contributed by atoms with Gasteiger partial charge in [-0.1, -0.05) is 30.1 Å². The van der Waals surface area contributed by atoms with Gasteiger partial charge in [-0.25, -0.2) is 12.7 Å². The summed E-state index contributed by atoms with van der Waals surface area (Å²) in [5.41, 5.74) is 0.594. The number of nitrogens with one attached hydrogen (secondary N) is 1. The van der Waals surface area contributed by atoms with Crippen LogP contribution in [0, 0.1) is 0 Å². The lowest BCUT2D eigenvalue weighted by Gasteiger charge is -2.18. The van der Waals surface area contributed by atoms with E-state index in [9.17, 15) is 8.42 Å². The highest BCUT2D eigenvalue weighted by atomic mass is 35.5. The molecule has 19 heavy (non-hydrogen) atoms. The van der Waals surface area contributed by atoms with Gasteiger partial charge >= 0.3 is 0 Å². The smallest absolute Gasteiger partial charge is 0.244 e. The van der Waals surface area contributed by atoms with Gasteiger partial charge in [0.15, 0.2) is 0 Å². The predicted octanol–water partition coefficient (Wildman–Crippen LogP) is 2.74. The van der Waals surface area contributed by atoms with Crippen LogP contribution in [-0.2, 0) is 16.6 Å². The van der Waals surface area contributed by atoms with Crippen molar-refractivity contribution in [3.8, 4) is 0 Å². The number of sulfonamides is 1. The molecule has 0 unspecified atom stereocenters. The summed E-state index contributed by atoms with van der Waals surface area (Å²) in [6, 6.07) is 3.01. The molecule has 0 radical (unpaired) electrons. The van der Waals surface area contributed by atoms with Crippen molar-refractivity contribution in [2.24, 2.45) is 0 Å². The Morgan fingerprint density at radius 3 is 2.47 bits per heavy atom. The molecule has 7 heteroatoms. The van der Waals surface area contributed by atoms with Crippen LogP contribution in [0.25, 0.3) is 0 Å². The number of halogens is 2. The zero-order valence-corrected chi connectivity index (χ0v) is 13.5. The summed E-state index contributed by atoms with van der Waals surface area (Å²) in [6.45, 7) is 2.78. The lowest BCUT2D eigenvalue weighted by Crippen LogP contribution is -2.28. The maximum absolute atomic E-state index is 12.4. The Labute approximate surface area is 124 Å². The second-order valence-corrected chi connectivity index (χ2v) is 6.99. The van der Waals surface area contributed by atoms with Gasteiger partial charge in [0.1, 0.15) is 4.90 Å². The second kappa shape index (κ2) is 6.90. The molecule has 1 aromatic rings. The molecule has 0 spiro atoms. The second-order valence-electron chi connectivity index (χ2n) is 4.19. The number of nitrogens with zero attached hydrogens (tertiary/aromatic N) is 1. The first-order valence-corrected chi connectivity index (χ1v) is 8.13. The number of benzene rings is 1. The molecule has 0 heterocycles. The molecular formula is C12H18Cl2N2O2S. The molecule has 1 rings (SSSR count). The van der Waals surface area contributed by atoms with Gasteiger partial charge in [0.25, 0.3) is 0 Å². The number of hydrogen-bond donors (Lipinski definition) is 1. The van der Waals surface area contributed by atoms with Crippen LogP contribution in [0.1, 0.15) is 18.9 Å². The van der Waals surface area contributed by atoms with E-state index in [1.807, 2.05) is 6.92 Å². The number of hydrogen-bond acceptors (Lipinski definition) is 3. The highest BCUT2D eigenvalue weighted by Gasteiger charge is 2.25. The van der Waals surface area contributed by atoms with Gasteiger partial charge in [0.2, 0.25) is 10.0 Å². The van der Waals surface area contributed by atoms with E-state index >= 15 is 0 Å². The normalized spacial score (nSPS) is 12.1. The standard InChI is InChI=1S/C12H18Cl2N2O2S/c1-4-7-16(3)19(17,18)11-6-5-10(13)9(8-15-2)12(11)14/h5-6,15H,4,7-8H2,1-3H3. The molecular weight excluding hydrogens is 307 g/mol. The lowest BCUT2D eigenvalue weighted by atomic mass is 10.2. The zero-order valence-electron chi connectivity index (χ0n) is 11.2. The van der Waals surface area contributed by atoms with Crippen molar-refractivity contribution < 1.29 is 8.42 Å². The first-order chi connectivity index (χ1) is 8.86. The predicted molar refractivity (Wildman–Crippen MR) is 79.3 cm³/mol. The Balaban J connectivity index is 3.32. The van der Waals surface area contributed by atoms with Gasteiger partial charge in [-0.15, -0.1) is 0 Å². The monoisotopic (exact) mass is 324 g/mol. The Morgan fingerprint density at radius 2 is 1.95 bits per heavy atom. The Bertz CT molecular complexity index is 547. The average molecular weight is 325 g/mol. The summed E-state index contributed by atoms with van der Waals surface area (Å²) in [5, 5.41) is 3.56. The third-order valence-corrected chi connectivity index (χ3v) is 5.53. The van der Waals surface area contributed by atoms with Crippen LogP contribution >= 0.6 is 23.2 Å². The lowest BCUT2D eigenvalue weighted by molar-refractivity contribution is 0.468. The average Bonchev–Trinajstić information content (AvgIpc) is 2.34. The van der Waals surface area contributed by atoms with Crippen molar-refractivity contribution in [1.29, 1.82) is 0 Å². The van der Waals surface area contributed by atoms with Crippen molar-refractivity contribution in [3.63, 3.8) is 0 Å². The molecule has 0 atom stereocenters. The fourth-order valence-corrected chi connectivity index (χ4v) is 3.86. The van der Waals surface area contributed by atoms with E-state index < -0.39 is 10.0 Å². The number of rotatable bonds is 6. The Kier molecular flexibility index (Phi) is 6.08. The Hall–Kier alpha value is -0.330. The maximum Gasteiger partial charge on any atom is 0.244 e. The SMILES string of the molecule is CCCN(C)S(=O)(=O)c1ccc(Cl)c(CNC)c1Cl. The van der Waals surface area contributed by atoms with E-state index in [1.54, 1.807) is 20.2 Å². The molecule has 0 aliphatic rings. The molecule has 4 nitrogen and oxygen atoms in total. The molecule has 0 aliphatic carbocycles. The highest BCUT2D eigenvalue weighted by Crippen LogP contribution is 2.32. The zero-order chi connectivity index (χ0) is 14.6. The third kappa shape index (κ3) is 3.61. The van der Waals surface area contributed by atoms with Crippen LogP contribution in [-0.4, -0.2) is 33.4 Å². The summed E-state index contributed by atoms with van der Waals surface area (Å²) < 4.78 is 26.1. The van der Waals surface area contributed by atoms with Crippen LogP contribution in [0.3, 0.4) is 0 Å². The molecule has 0 saturated heterocycles. The molecule has 0 aromatic heterocycles. The topological polar surface area (TPSA) is 49.4 Å². The van der Waals surface area contributed by atoms with E-state index in [0.717, 1.165) is 6.42 Å². The van der Waals surface area contributed by atoms with Gasteiger partial charge < -0.3 is 5.32 Å². The fourth-order valence-electron chi connectivity index (χ4n) is 1.72. The van der Waals surface area contributed by atoms with Crippen LogP contribution in [0.5, 0.6) is 0 Å². The molecule has 0 fully saturated rings. The third-order valence-electron chi connectivity index (χ3n) is 2.73.